The third-order valence-corrected chi connectivity index (χ3v) is 4.20. The fourth-order valence-electron chi connectivity index (χ4n) is 2.61. The van der Waals surface area contributed by atoms with Crippen LogP contribution >= 0.6 is 11.6 Å². The monoisotopic (exact) mass is 410 g/mol. The first kappa shape index (κ1) is 20.3. The molecule has 148 valence electrons. The van der Waals surface area contributed by atoms with Crippen LogP contribution in [-0.4, -0.2) is 21.8 Å². The molecule has 0 atom stereocenters. The highest BCUT2D eigenvalue weighted by Crippen LogP contribution is 2.23. The lowest BCUT2D eigenvalue weighted by Crippen LogP contribution is -2.14. The average molecular weight is 411 g/mol. The van der Waals surface area contributed by atoms with Crippen LogP contribution in [0.5, 0.6) is 11.6 Å². The van der Waals surface area contributed by atoms with Crippen LogP contribution < -0.4 is 15.4 Å². The molecule has 2 N–H and O–H groups in total. The van der Waals surface area contributed by atoms with Gasteiger partial charge in [-0.3, -0.25) is 9.59 Å². The number of hydrogen-bond donors (Lipinski definition) is 2. The Morgan fingerprint density at radius 2 is 1.79 bits per heavy atom. The van der Waals surface area contributed by atoms with Crippen LogP contribution in [-0.2, 0) is 16.0 Å². The molecule has 0 unspecified atom stereocenters. The van der Waals surface area contributed by atoms with Gasteiger partial charge in [-0.15, -0.1) is 0 Å². The number of rotatable bonds is 6. The molecule has 2 aromatic carbocycles. The van der Waals surface area contributed by atoms with Crippen molar-refractivity contribution in [1.82, 2.24) is 9.97 Å². The van der Waals surface area contributed by atoms with Crippen LogP contribution in [0.4, 0.5) is 11.5 Å². The maximum absolute atomic E-state index is 12.3. The number of aryl methyl sites for hydroxylation is 1. The van der Waals surface area contributed by atoms with Gasteiger partial charge >= 0.3 is 0 Å². The Hall–Kier alpha value is -3.45. The van der Waals surface area contributed by atoms with Gasteiger partial charge in [0.2, 0.25) is 17.7 Å². The largest absolute Gasteiger partial charge is 0.439 e. The molecule has 7 nitrogen and oxygen atoms in total. The van der Waals surface area contributed by atoms with Crippen LogP contribution in [0.1, 0.15) is 18.1 Å². The lowest BCUT2D eigenvalue weighted by molar-refractivity contribution is -0.116. The molecule has 1 aromatic heterocycles. The van der Waals surface area contributed by atoms with Crippen molar-refractivity contribution >= 4 is 34.9 Å². The maximum Gasteiger partial charge on any atom is 0.228 e. The van der Waals surface area contributed by atoms with E-state index < -0.39 is 0 Å². The third kappa shape index (κ3) is 6.02. The minimum atomic E-state index is -0.233. The first-order valence-corrected chi connectivity index (χ1v) is 9.19. The first-order chi connectivity index (χ1) is 13.9. The molecule has 0 aliphatic rings. The van der Waals surface area contributed by atoms with Crippen molar-refractivity contribution in [2.45, 2.75) is 20.3 Å². The minimum absolute atomic E-state index is 0.125. The Balaban J connectivity index is 1.60. The predicted octanol–water partition coefficient (Wildman–Crippen LogP) is 4.37. The number of anilines is 2. The maximum atomic E-state index is 12.3. The van der Waals surface area contributed by atoms with Crippen LogP contribution in [0, 0.1) is 6.92 Å². The summed E-state index contributed by atoms with van der Waals surface area (Å²) in [5.74, 6) is 0.815. The number of amides is 2. The van der Waals surface area contributed by atoms with Crippen LogP contribution in [0.3, 0.4) is 0 Å². The van der Waals surface area contributed by atoms with E-state index in [-0.39, 0.29) is 18.2 Å². The lowest BCUT2D eigenvalue weighted by Gasteiger charge is -2.09. The second kappa shape index (κ2) is 9.16. The second-order valence-corrected chi connectivity index (χ2v) is 6.78. The highest BCUT2D eigenvalue weighted by Gasteiger charge is 2.08. The number of benzene rings is 2. The zero-order valence-electron chi connectivity index (χ0n) is 15.9. The van der Waals surface area contributed by atoms with Crippen LogP contribution in [0.25, 0.3) is 0 Å². The summed E-state index contributed by atoms with van der Waals surface area (Å²) in [5.41, 5.74) is 2.54. The number of carbonyl (C=O) groups excluding carboxylic acids is 2. The molecule has 0 fully saturated rings. The van der Waals surface area contributed by atoms with Crippen molar-refractivity contribution < 1.29 is 14.3 Å². The molecule has 0 saturated carbocycles. The molecule has 3 rings (SSSR count). The average Bonchev–Trinajstić information content (AvgIpc) is 2.65. The van der Waals surface area contributed by atoms with E-state index in [9.17, 15) is 9.59 Å². The molecule has 0 spiro atoms. The van der Waals surface area contributed by atoms with Crippen molar-refractivity contribution in [2.75, 3.05) is 10.6 Å². The summed E-state index contributed by atoms with van der Waals surface area (Å²) in [6.07, 6.45) is 1.56. The fraction of sp³-hybridized carbons (Fsp3) is 0.143. The van der Waals surface area contributed by atoms with Gasteiger partial charge in [-0.2, -0.15) is 0 Å². The van der Waals surface area contributed by atoms with Gasteiger partial charge in [-0.05, 0) is 54.4 Å². The van der Waals surface area contributed by atoms with Crippen molar-refractivity contribution in [3.8, 4) is 11.6 Å². The van der Waals surface area contributed by atoms with Gasteiger partial charge in [-0.1, -0.05) is 17.7 Å². The van der Waals surface area contributed by atoms with E-state index in [4.69, 9.17) is 16.3 Å². The summed E-state index contributed by atoms with van der Waals surface area (Å²) in [6, 6.07) is 13.9. The Kier molecular flexibility index (Phi) is 6.41. The van der Waals surface area contributed by atoms with Gasteiger partial charge in [0.15, 0.2) is 0 Å². The van der Waals surface area contributed by atoms with Crippen molar-refractivity contribution in [3.05, 3.63) is 71.0 Å². The summed E-state index contributed by atoms with van der Waals surface area (Å²) < 4.78 is 5.66. The number of carbonyl (C=O) groups is 2. The zero-order chi connectivity index (χ0) is 20.8. The van der Waals surface area contributed by atoms with E-state index in [0.29, 0.717) is 28.2 Å². The van der Waals surface area contributed by atoms with Gasteiger partial charge in [0.25, 0.3) is 0 Å². The van der Waals surface area contributed by atoms with E-state index in [0.717, 1.165) is 11.1 Å². The van der Waals surface area contributed by atoms with Crippen LogP contribution in [0.2, 0.25) is 5.02 Å². The topological polar surface area (TPSA) is 93.2 Å². The Morgan fingerprint density at radius 3 is 2.48 bits per heavy atom. The fourth-order valence-corrected chi connectivity index (χ4v) is 2.83. The molecule has 8 heteroatoms. The van der Waals surface area contributed by atoms with Gasteiger partial charge in [0.05, 0.1) is 6.42 Å². The molecular weight excluding hydrogens is 392 g/mol. The third-order valence-electron chi connectivity index (χ3n) is 3.96. The normalized spacial score (nSPS) is 10.3. The van der Waals surface area contributed by atoms with E-state index >= 15 is 0 Å². The van der Waals surface area contributed by atoms with Crippen molar-refractivity contribution in [3.63, 3.8) is 0 Å². The molecule has 29 heavy (non-hydrogen) atoms. The van der Waals surface area contributed by atoms with Gasteiger partial charge in [0.1, 0.15) is 17.9 Å². The van der Waals surface area contributed by atoms with E-state index in [1.54, 1.807) is 30.3 Å². The van der Waals surface area contributed by atoms with Gasteiger partial charge in [-0.25, -0.2) is 9.97 Å². The summed E-state index contributed by atoms with van der Waals surface area (Å²) in [5, 5.41) is 6.07. The molecule has 0 aliphatic heterocycles. The van der Waals surface area contributed by atoms with Crippen molar-refractivity contribution in [2.24, 2.45) is 0 Å². The first-order valence-electron chi connectivity index (χ1n) is 8.81. The van der Waals surface area contributed by atoms with E-state index in [1.807, 2.05) is 19.1 Å². The number of ether oxygens (including phenoxy) is 1. The van der Waals surface area contributed by atoms with E-state index in [1.165, 1.54) is 19.3 Å². The molecule has 0 radical (unpaired) electrons. The number of halogens is 1. The molecule has 0 bridgehead atoms. The van der Waals surface area contributed by atoms with Crippen LogP contribution in [0.15, 0.2) is 54.9 Å². The quantitative estimate of drug-likeness (QED) is 0.629. The number of nitrogens with one attached hydrogen (secondary N) is 2. The Labute approximate surface area is 173 Å². The summed E-state index contributed by atoms with van der Waals surface area (Å²) >= 11 is 5.95. The second-order valence-electron chi connectivity index (χ2n) is 6.34. The lowest BCUT2D eigenvalue weighted by atomic mass is 10.1. The Bertz CT molecular complexity index is 1040. The molecule has 1 heterocycles. The predicted molar refractivity (Wildman–Crippen MR) is 111 cm³/mol. The number of hydrogen-bond acceptors (Lipinski definition) is 5. The minimum Gasteiger partial charge on any atom is -0.439 e. The highest BCUT2D eigenvalue weighted by molar-refractivity contribution is 6.30. The molecule has 0 saturated heterocycles. The smallest absolute Gasteiger partial charge is 0.228 e. The Morgan fingerprint density at radius 1 is 1.03 bits per heavy atom. The summed E-state index contributed by atoms with van der Waals surface area (Å²) in [4.78, 5) is 31.3. The molecular formula is C21H19ClN4O3. The molecule has 2 amide bonds. The number of nitrogens with zero attached hydrogens (tertiary/aromatic N) is 2. The highest BCUT2D eigenvalue weighted by atomic mass is 35.5. The SMILES string of the molecule is CC(=O)Nc1cc(Oc2ccc(NC(=O)Cc3ccc(Cl)cc3C)cc2)ncn1. The zero-order valence-corrected chi connectivity index (χ0v) is 16.7. The standard InChI is InChI=1S/C21H19ClN4O3/c1-13-9-16(22)4-3-15(13)10-20(28)26-17-5-7-18(8-6-17)29-21-11-19(23-12-24-21)25-14(2)27/h3-9,11-12H,10H2,1-2H3,(H,26,28)(H,23,24,25,27). The number of aromatic nitrogens is 2. The van der Waals surface area contributed by atoms with Crippen molar-refractivity contribution in [1.29, 1.82) is 0 Å². The molecule has 3 aromatic rings. The van der Waals surface area contributed by atoms with Gasteiger partial charge < -0.3 is 15.4 Å². The summed E-state index contributed by atoms with van der Waals surface area (Å²) in [7, 11) is 0. The van der Waals surface area contributed by atoms with Gasteiger partial charge in [0, 0.05) is 23.7 Å². The molecule has 0 aliphatic carbocycles. The van der Waals surface area contributed by atoms with E-state index in [2.05, 4.69) is 20.6 Å². The summed E-state index contributed by atoms with van der Waals surface area (Å²) in [6.45, 7) is 3.31.